The molecule has 0 spiro atoms. The first-order valence-electron chi connectivity index (χ1n) is 5.57. The average molecular weight is 205 g/mol. The third kappa shape index (κ3) is 1.92. The number of benzene rings is 1. The zero-order valence-corrected chi connectivity index (χ0v) is 9.46. The van der Waals surface area contributed by atoms with E-state index in [0.29, 0.717) is 12.6 Å². The second-order valence-electron chi connectivity index (χ2n) is 4.97. The second kappa shape index (κ2) is 3.95. The first-order chi connectivity index (χ1) is 7.15. The summed E-state index contributed by atoms with van der Waals surface area (Å²) in [4.78, 5) is 0. The van der Waals surface area contributed by atoms with Gasteiger partial charge < -0.3 is 10.4 Å². The van der Waals surface area contributed by atoms with Gasteiger partial charge in [-0.05, 0) is 23.0 Å². The third-order valence-corrected chi connectivity index (χ3v) is 3.25. The van der Waals surface area contributed by atoms with E-state index in [1.807, 2.05) is 0 Å². The zero-order chi connectivity index (χ0) is 10.9. The lowest BCUT2D eigenvalue weighted by atomic mass is 9.85. The molecule has 1 aliphatic rings. The Hall–Kier alpha value is -0.860. The van der Waals surface area contributed by atoms with Crippen molar-refractivity contribution in [2.75, 3.05) is 13.2 Å². The van der Waals surface area contributed by atoms with Crippen LogP contribution in [0.25, 0.3) is 0 Å². The minimum Gasteiger partial charge on any atom is -0.395 e. The normalized spacial score (nSPS) is 22.7. The van der Waals surface area contributed by atoms with E-state index < -0.39 is 0 Å². The molecule has 0 aliphatic heterocycles. The molecule has 1 unspecified atom stereocenters. The lowest BCUT2D eigenvalue weighted by Gasteiger charge is -2.28. The number of aliphatic hydroxyl groups excluding tert-OH is 1. The van der Waals surface area contributed by atoms with Gasteiger partial charge >= 0.3 is 0 Å². The van der Waals surface area contributed by atoms with Crippen LogP contribution in [0, 0.1) is 5.41 Å². The van der Waals surface area contributed by atoms with Gasteiger partial charge in [0.05, 0.1) is 6.61 Å². The Morgan fingerprint density at radius 2 is 2.13 bits per heavy atom. The maximum atomic E-state index is 8.88. The maximum absolute atomic E-state index is 8.88. The molecule has 1 aromatic carbocycles. The standard InChI is InChI=1S/C13H19NO/c1-13(2)9-10-5-3-4-6-11(10)12(13)14-7-8-15/h3-6,12,14-15H,7-9H2,1-2H3. The average Bonchev–Trinajstić information content (AvgIpc) is 2.45. The van der Waals surface area contributed by atoms with E-state index in [1.165, 1.54) is 11.1 Å². The largest absolute Gasteiger partial charge is 0.395 e. The number of fused-ring (bicyclic) bond motifs is 1. The maximum Gasteiger partial charge on any atom is 0.0556 e. The molecule has 1 atom stereocenters. The van der Waals surface area contributed by atoms with Crippen LogP contribution < -0.4 is 5.32 Å². The molecule has 82 valence electrons. The number of hydrogen-bond donors (Lipinski definition) is 2. The summed E-state index contributed by atoms with van der Waals surface area (Å²) in [6, 6.07) is 8.97. The van der Waals surface area contributed by atoms with Crippen LogP contribution in [-0.2, 0) is 6.42 Å². The van der Waals surface area contributed by atoms with Gasteiger partial charge in [-0.1, -0.05) is 38.1 Å². The second-order valence-corrected chi connectivity index (χ2v) is 4.97. The quantitative estimate of drug-likeness (QED) is 0.790. The summed E-state index contributed by atoms with van der Waals surface area (Å²) in [7, 11) is 0. The van der Waals surface area contributed by atoms with Crippen molar-refractivity contribution in [1.29, 1.82) is 0 Å². The van der Waals surface area contributed by atoms with E-state index in [2.05, 4.69) is 43.4 Å². The number of aliphatic hydroxyl groups is 1. The van der Waals surface area contributed by atoms with Crippen molar-refractivity contribution in [3.05, 3.63) is 35.4 Å². The Balaban J connectivity index is 2.26. The van der Waals surface area contributed by atoms with Gasteiger partial charge in [-0.25, -0.2) is 0 Å². The van der Waals surface area contributed by atoms with E-state index in [0.717, 1.165) is 6.42 Å². The van der Waals surface area contributed by atoms with Gasteiger partial charge in [0.25, 0.3) is 0 Å². The fraction of sp³-hybridized carbons (Fsp3) is 0.538. The summed E-state index contributed by atoms with van der Waals surface area (Å²) < 4.78 is 0. The number of nitrogens with one attached hydrogen (secondary N) is 1. The highest BCUT2D eigenvalue weighted by Crippen LogP contribution is 2.44. The lowest BCUT2D eigenvalue weighted by Crippen LogP contribution is -2.32. The van der Waals surface area contributed by atoms with E-state index >= 15 is 0 Å². The van der Waals surface area contributed by atoms with Crippen molar-refractivity contribution in [2.45, 2.75) is 26.3 Å². The smallest absolute Gasteiger partial charge is 0.0556 e. The van der Waals surface area contributed by atoms with E-state index in [4.69, 9.17) is 5.11 Å². The number of hydrogen-bond acceptors (Lipinski definition) is 2. The molecule has 2 heteroatoms. The van der Waals surface area contributed by atoms with Crippen LogP contribution in [0.15, 0.2) is 24.3 Å². The van der Waals surface area contributed by atoms with E-state index in [-0.39, 0.29) is 12.0 Å². The summed E-state index contributed by atoms with van der Waals surface area (Å²) in [6.07, 6.45) is 1.12. The first kappa shape index (κ1) is 10.7. The predicted molar refractivity (Wildman–Crippen MR) is 61.8 cm³/mol. The van der Waals surface area contributed by atoms with Crippen LogP contribution in [0.5, 0.6) is 0 Å². The highest BCUT2D eigenvalue weighted by atomic mass is 16.3. The van der Waals surface area contributed by atoms with Gasteiger partial charge in [0.2, 0.25) is 0 Å². The minimum absolute atomic E-state index is 0.203. The Morgan fingerprint density at radius 1 is 1.40 bits per heavy atom. The topological polar surface area (TPSA) is 32.3 Å². The lowest BCUT2D eigenvalue weighted by molar-refractivity contribution is 0.235. The molecular formula is C13H19NO. The van der Waals surface area contributed by atoms with Gasteiger partial charge in [-0.2, -0.15) is 0 Å². The molecule has 0 amide bonds. The fourth-order valence-corrected chi connectivity index (χ4v) is 2.59. The van der Waals surface area contributed by atoms with Crippen molar-refractivity contribution in [3.63, 3.8) is 0 Å². The molecule has 1 aliphatic carbocycles. The summed E-state index contributed by atoms with van der Waals surface area (Å²) in [6.45, 7) is 5.43. The summed E-state index contributed by atoms with van der Waals surface area (Å²) in [5, 5.41) is 12.3. The SMILES string of the molecule is CC1(C)Cc2ccccc2C1NCCO. The van der Waals surface area contributed by atoms with Crippen molar-refractivity contribution in [1.82, 2.24) is 5.32 Å². The molecule has 2 N–H and O–H groups in total. The zero-order valence-electron chi connectivity index (χ0n) is 9.46. The van der Waals surface area contributed by atoms with E-state index in [1.54, 1.807) is 0 Å². The Kier molecular flexibility index (Phi) is 2.81. The van der Waals surface area contributed by atoms with Crippen LogP contribution in [-0.4, -0.2) is 18.3 Å². The molecule has 0 saturated carbocycles. The van der Waals surface area contributed by atoms with Crippen LogP contribution in [0.4, 0.5) is 0 Å². The molecule has 0 bridgehead atoms. The molecule has 0 radical (unpaired) electrons. The van der Waals surface area contributed by atoms with Gasteiger partial charge in [0, 0.05) is 12.6 Å². The first-order valence-corrected chi connectivity index (χ1v) is 5.57. The summed E-state index contributed by atoms with van der Waals surface area (Å²) >= 11 is 0. The highest BCUT2D eigenvalue weighted by Gasteiger charge is 2.37. The molecule has 15 heavy (non-hydrogen) atoms. The fourth-order valence-electron chi connectivity index (χ4n) is 2.59. The molecule has 2 rings (SSSR count). The summed E-state index contributed by atoms with van der Waals surface area (Å²) in [5.41, 5.74) is 3.09. The van der Waals surface area contributed by atoms with Crippen LogP contribution >= 0.6 is 0 Å². The molecule has 0 heterocycles. The molecule has 2 nitrogen and oxygen atoms in total. The molecular weight excluding hydrogens is 186 g/mol. The summed E-state index contributed by atoms with van der Waals surface area (Å²) in [5.74, 6) is 0. The minimum atomic E-state index is 0.203. The third-order valence-electron chi connectivity index (χ3n) is 3.25. The molecule has 1 aromatic rings. The highest BCUT2D eigenvalue weighted by molar-refractivity contribution is 5.37. The van der Waals surface area contributed by atoms with Crippen LogP contribution in [0.1, 0.15) is 31.0 Å². The predicted octanol–water partition coefficient (Wildman–Crippen LogP) is 1.89. The molecule has 0 saturated heterocycles. The van der Waals surface area contributed by atoms with Gasteiger partial charge in [0.1, 0.15) is 0 Å². The van der Waals surface area contributed by atoms with Crippen LogP contribution in [0.3, 0.4) is 0 Å². The van der Waals surface area contributed by atoms with Crippen LogP contribution in [0.2, 0.25) is 0 Å². The van der Waals surface area contributed by atoms with Crippen molar-refractivity contribution in [3.8, 4) is 0 Å². The van der Waals surface area contributed by atoms with Gasteiger partial charge in [0.15, 0.2) is 0 Å². The van der Waals surface area contributed by atoms with E-state index in [9.17, 15) is 0 Å². The Bertz CT molecular complexity index is 346. The number of rotatable bonds is 3. The molecule has 0 aromatic heterocycles. The molecule has 0 fully saturated rings. The van der Waals surface area contributed by atoms with Gasteiger partial charge in [-0.3, -0.25) is 0 Å². The van der Waals surface area contributed by atoms with Crippen molar-refractivity contribution >= 4 is 0 Å². The van der Waals surface area contributed by atoms with Crippen molar-refractivity contribution in [2.24, 2.45) is 5.41 Å². The van der Waals surface area contributed by atoms with Gasteiger partial charge in [-0.15, -0.1) is 0 Å². The van der Waals surface area contributed by atoms with Crippen molar-refractivity contribution < 1.29 is 5.11 Å². The monoisotopic (exact) mass is 205 g/mol. The Morgan fingerprint density at radius 3 is 2.87 bits per heavy atom. The Labute approximate surface area is 91.3 Å².